The predicted octanol–water partition coefficient (Wildman–Crippen LogP) is 4.23. The van der Waals surface area contributed by atoms with E-state index in [0.29, 0.717) is 13.1 Å². The Morgan fingerprint density at radius 2 is 0.971 bits per heavy atom. The molecule has 0 N–H and O–H groups in total. The average Bonchev–Trinajstić information content (AvgIpc) is 3.49. The molecule has 0 amide bonds. The minimum atomic E-state index is 0.697. The molecule has 0 spiro atoms. The molecule has 0 fully saturated rings. The van der Waals surface area contributed by atoms with Crippen LogP contribution in [-0.4, -0.2) is 39.0 Å². The summed E-state index contributed by atoms with van der Waals surface area (Å²) in [6, 6.07) is 20.5. The Morgan fingerprint density at radius 3 is 1.41 bits per heavy atom. The van der Waals surface area contributed by atoms with Crippen LogP contribution in [0, 0.1) is 0 Å². The first-order valence-corrected chi connectivity index (χ1v) is 10.9. The van der Waals surface area contributed by atoms with Gasteiger partial charge in [-0.3, -0.25) is 0 Å². The number of imidazole rings is 2. The van der Waals surface area contributed by atoms with Crippen molar-refractivity contribution in [2.24, 2.45) is 0 Å². The Labute approximate surface area is 195 Å². The number of rotatable bonds is 6. The van der Waals surface area contributed by atoms with E-state index in [9.17, 15) is 0 Å². The Morgan fingerprint density at radius 1 is 0.529 bits per heavy atom. The third-order valence-electron chi connectivity index (χ3n) is 5.65. The molecule has 0 radical (unpaired) electrons. The highest BCUT2D eigenvalue weighted by Gasteiger charge is 2.11. The van der Waals surface area contributed by atoms with Gasteiger partial charge in [0.25, 0.3) is 0 Å². The molecular weight excluding hydrogens is 424 g/mol. The largest absolute Gasteiger partial charge is 0.311 e. The molecule has 34 heavy (non-hydrogen) atoms. The van der Waals surface area contributed by atoms with Crippen molar-refractivity contribution in [3.63, 3.8) is 0 Å². The van der Waals surface area contributed by atoms with Crippen LogP contribution in [0.5, 0.6) is 0 Å². The molecule has 6 aromatic rings. The minimum Gasteiger partial charge on any atom is -0.311 e. The molecule has 8 nitrogen and oxygen atoms in total. The second kappa shape index (κ2) is 8.67. The number of benzene rings is 2. The van der Waals surface area contributed by atoms with Crippen LogP contribution >= 0.6 is 0 Å². The zero-order chi connectivity index (χ0) is 22.7. The monoisotopic (exact) mass is 444 g/mol. The maximum absolute atomic E-state index is 4.57. The zero-order valence-corrected chi connectivity index (χ0v) is 18.2. The van der Waals surface area contributed by atoms with Crippen LogP contribution in [0.1, 0.15) is 22.5 Å². The molecule has 0 saturated heterocycles. The average molecular weight is 445 g/mol. The van der Waals surface area contributed by atoms with E-state index in [1.54, 1.807) is 25.3 Å². The highest BCUT2D eigenvalue weighted by molar-refractivity contribution is 5.88. The van der Waals surface area contributed by atoms with Crippen molar-refractivity contribution in [2.75, 3.05) is 0 Å². The molecule has 0 saturated carbocycles. The normalized spacial score (nSPS) is 11.6. The van der Waals surface area contributed by atoms with Crippen LogP contribution in [0.4, 0.5) is 0 Å². The van der Waals surface area contributed by atoms with Crippen molar-refractivity contribution in [3.8, 4) is 0 Å². The summed E-state index contributed by atoms with van der Waals surface area (Å²) in [6.45, 7) is 1.39. The summed E-state index contributed by atoms with van der Waals surface area (Å²) in [5.41, 5.74) is 6.90. The lowest BCUT2D eigenvalue weighted by molar-refractivity contribution is 0.813. The van der Waals surface area contributed by atoms with Crippen molar-refractivity contribution in [1.29, 1.82) is 0 Å². The number of nitrogens with zero attached hydrogens (tertiary/aromatic N) is 8. The summed E-state index contributed by atoms with van der Waals surface area (Å²) in [5, 5.41) is 0. The quantitative estimate of drug-likeness (QED) is 0.382. The van der Waals surface area contributed by atoms with Crippen LogP contribution in [0.3, 0.4) is 0 Å². The van der Waals surface area contributed by atoms with Gasteiger partial charge in [-0.2, -0.15) is 0 Å². The predicted molar refractivity (Wildman–Crippen MR) is 131 cm³/mol. The van der Waals surface area contributed by atoms with Gasteiger partial charge in [-0.1, -0.05) is 60.7 Å². The van der Waals surface area contributed by atoms with Crippen molar-refractivity contribution in [2.45, 2.75) is 13.1 Å². The fourth-order valence-electron chi connectivity index (χ4n) is 3.99. The topological polar surface area (TPSA) is 87.2 Å². The van der Waals surface area contributed by atoms with Crippen LogP contribution in [0.25, 0.3) is 34.5 Å². The van der Waals surface area contributed by atoms with Crippen molar-refractivity contribution >= 4 is 34.5 Å². The number of fused-ring (bicyclic) bond motifs is 2. The molecule has 6 rings (SSSR count). The van der Waals surface area contributed by atoms with Crippen molar-refractivity contribution < 1.29 is 0 Å². The van der Waals surface area contributed by atoms with Gasteiger partial charge in [0.1, 0.15) is 23.7 Å². The summed E-state index contributed by atoms with van der Waals surface area (Å²) in [6.07, 6.45) is 10.5. The third kappa shape index (κ3) is 3.81. The summed E-state index contributed by atoms with van der Waals surface area (Å²) in [4.78, 5) is 27.0. The fourth-order valence-corrected chi connectivity index (χ4v) is 3.99. The molecular formula is C26H20N8. The molecule has 0 aliphatic heterocycles. The number of hydrogen-bond acceptors (Lipinski definition) is 6. The Kier molecular flexibility index (Phi) is 5.08. The highest BCUT2D eigenvalue weighted by Crippen LogP contribution is 2.20. The van der Waals surface area contributed by atoms with Gasteiger partial charge in [-0.25, -0.2) is 29.9 Å². The molecule has 4 aromatic heterocycles. The van der Waals surface area contributed by atoms with Crippen LogP contribution in [0.2, 0.25) is 0 Å². The van der Waals surface area contributed by atoms with Crippen LogP contribution in [-0.2, 0) is 13.1 Å². The van der Waals surface area contributed by atoms with E-state index in [1.807, 2.05) is 57.7 Å². The van der Waals surface area contributed by atoms with Crippen LogP contribution in [0.15, 0.2) is 86.0 Å². The summed E-state index contributed by atoms with van der Waals surface area (Å²) in [5.74, 6) is 0. The van der Waals surface area contributed by atoms with Gasteiger partial charge in [-0.05, 0) is 23.3 Å². The van der Waals surface area contributed by atoms with Gasteiger partial charge in [0.05, 0.1) is 37.1 Å². The summed E-state index contributed by atoms with van der Waals surface area (Å²) in [7, 11) is 0. The lowest BCUT2D eigenvalue weighted by Crippen LogP contribution is -2.00. The van der Waals surface area contributed by atoms with Crippen molar-refractivity contribution in [1.82, 2.24) is 39.0 Å². The van der Waals surface area contributed by atoms with E-state index in [1.165, 1.54) is 11.1 Å². The molecule has 0 aliphatic rings. The maximum atomic E-state index is 4.57. The van der Waals surface area contributed by atoms with Gasteiger partial charge < -0.3 is 9.13 Å². The number of aromatic nitrogens is 8. The van der Waals surface area contributed by atoms with Crippen LogP contribution < -0.4 is 0 Å². The Bertz CT molecular complexity index is 1480. The SMILES string of the molecule is C(=C/c1ncnc2c1ncn2Cc1ccccc1)/c1ncnc2c1ncn2Cc1ccccc1. The van der Waals surface area contributed by atoms with Gasteiger partial charge in [0, 0.05) is 0 Å². The minimum absolute atomic E-state index is 0.697. The van der Waals surface area contributed by atoms with E-state index in [2.05, 4.69) is 54.2 Å². The first-order chi connectivity index (χ1) is 16.8. The van der Waals surface area contributed by atoms with E-state index < -0.39 is 0 Å². The first kappa shape index (κ1) is 19.9. The molecule has 4 heterocycles. The van der Waals surface area contributed by atoms with E-state index >= 15 is 0 Å². The molecule has 8 heteroatoms. The summed E-state index contributed by atoms with van der Waals surface area (Å²) < 4.78 is 4.05. The summed E-state index contributed by atoms with van der Waals surface area (Å²) >= 11 is 0. The first-order valence-electron chi connectivity index (χ1n) is 10.9. The van der Waals surface area contributed by atoms with Gasteiger partial charge in [0.2, 0.25) is 0 Å². The Balaban J connectivity index is 1.31. The molecule has 0 bridgehead atoms. The smallest absolute Gasteiger partial charge is 0.164 e. The standard InChI is InChI=1S/C26H20N8/c1-3-7-19(8-4-1)13-33-17-31-23-21(27-15-29-25(23)33)11-12-22-24-26(30-16-28-22)34(18-32-24)14-20-9-5-2-6-10-20/h1-12,15-18H,13-14H2/b12-11-. The van der Waals surface area contributed by atoms with E-state index in [0.717, 1.165) is 33.7 Å². The third-order valence-corrected chi connectivity index (χ3v) is 5.65. The highest BCUT2D eigenvalue weighted by atomic mass is 15.1. The van der Waals surface area contributed by atoms with Gasteiger partial charge in [-0.15, -0.1) is 0 Å². The van der Waals surface area contributed by atoms with E-state index in [4.69, 9.17) is 0 Å². The molecule has 164 valence electrons. The maximum Gasteiger partial charge on any atom is 0.164 e. The van der Waals surface area contributed by atoms with Gasteiger partial charge >= 0.3 is 0 Å². The second-order valence-electron chi connectivity index (χ2n) is 7.91. The second-order valence-corrected chi connectivity index (χ2v) is 7.91. The fraction of sp³-hybridized carbons (Fsp3) is 0.0769. The van der Waals surface area contributed by atoms with Gasteiger partial charge in [0.15, 0.2) is 11.3 Å². The molecule has 2 aromatic carbocycles. The van der Waals surface area contributed by atoms with E-state index in [-0.39, 0.29) is 0 Å². The van der Waals surface area contributed by atoms with Crippen molar-refractivity contribution in [3.05, 3.63) is 108 Å². The molecule has 0 unspecified atom stereocenters. The number of hydrogen-bond donors (Lipinski definition) is 0. The Hall–Kier alpha value is -4.72. The molecule has 0 aliphatic carbocycles. The zero-order valence-electron chi connectivity index (χ0n) is 18.2. The lowest BCUT2D eigenvalue weighted by atomic mass is 10.2. The molecule has 0 atom stereocenters. The lowest BCUT2D eigenvalue weighted by Gasteiger charge is -2.04.